The predicted octanol–water partition coefficient (Wildman–Crippen LogP) is 3.48. The van der Waals surface area contributed by atoms with Crippen molar-refractivity contribution < 1.29 is 27.8 Å². The molecule has 0 radical (unpaired) electrons. The van der Waals surface area contributed by atoms with Gasteiger partial charge in [-0.05, 0) is 36.8 Å². The molecule has 3 aliphatic heterocycles. The summed E-state index contributed by atoms with van der Waals surface area (Å²) < 4.78 is 38.1. The fraction of sp³-hybridized carbons (Fsp3) is 0.480. The second-order valence-electron chi connectivity index (χ2n) is 8.96. The molecule has 3 aliphatic rings. The first-order valence-electron chi connectivity index (χ1n) is 11.9. The number of halogens is 2. The third-order valence-corrected chi connectivity index (χ3v) is 6.68. The average molecular weight is 487 g/mol. The maximum atomic E-state index is 13.5. The van der Waals surface area contributed by atoms with Crippen molar-refractivity contribution in [3.05, 3.63) is 47.2 Å². The van der Waals surface area contributed by atoms with Crippen LogP contribution in [0.15, 0.2) is 30.5 Å². The molecular formula is C25H28F2N4O4. The topological polar surface area (TPSA) is 75.2 Å². The Morgan fingerprint density at radius 3 is 2.77 bits per heavy atom. The molecule has 0 spiro atoms. The molecule has 0 bridgehead atoms. The molecular weight excluding hydrogens is 458 g/mol. The Bertz CT molecular complexity index is 1130. The molecule has 5 rings (SSSR count). The fourth-order valence-corrected chi connectivity index (χ4v) is 4.72. The second kappa shape index (κ2) is 9.41. The summed E-state index contributed by atoms with van der Waals surface area (Å²) in [5.41, 5.74) is 2.85. The van der Waals surface area contributed by atoms with Crippen molar-refractivity contribution in [2.24, 2.45) is 0 Å². The SMILES string of the molecule is CCOCCN1Cc2cc(N3CCOc4cc(C(=O)N5CCC(F)(F)CC5)cnc43)ccc2C1=O. The number of anilines is 2. The summed E-state index contributed by atoms with van der Waals surface area (Å²) in [4.78, 5) is 35.3. The Kier molecular flexibility index (Phi) is 6.31. The van der Waals surface area contributed by atoms with Gasteiger partial charge >= 0.3 is 0 Å². The average Bonchev–Trinajstić information content (AvgIpc) is 3.17. The summed E-state index contributed by atoms with van der Waals surface area (Å²) in [6.07, 6.45) is 0.818. The Morgan fingerprint density at radius 2 is 2.00 bits per heavy atom. The number of fused-ring (bicyclic) bond motifs is 2. The van der Waals surface area contributed by atoms with Crippen LogP contribution in [0.5, 0.6) is 5.75 Å². The van der Waals surface area contributed by atoms with E-state index in [1.54, 1.807) is 11.0 Å². The van der Waals surface area contributed by atoms with Crippen LogP contribution < -0.4 is 9.64 Å². The van der Waals surface area contributed by atoms with E-state index in [1.807, 2.05) is 30.0 Å². The van der Waals surface area contributed by atoms with Crippen molar-refractivity contribution in [3.63, 3.8) is 0 Å². The molecule has 35 heavy (non-hydrogen) atoms. The normalized spacial score (nSPS) is 18.8. The maximum absolute atomic E-state index is 13.5. The monoisotopic (exact) mass is 486 g/mol. The maximum Gasteiger partial charge on any atom is 0.255 e. The summed E-state index contributed by atoms with van der Waals surface area (Å²) in [6.45, 7) is 5.13. The Morgan fingerprint density at radius 1 is 1.20 bits per heavy atom. The minimum Gasteiger partial charge on any atom is -0.488 e. The van der Waals surface area contributed by atoms with Gasteiger partial charge < -0.3 is 24.2 Å². The molecule has 1 fully saturated rings. The number of rotatable bonds is 6. The first-order chi connectivity index (χ1) is 16.9. The van der Waals surface area contributed by atoms with Gasteiger partial charge in [-0.2, -0.15) is 0 Å². The molecule has 0 saturated carbocycles. The van der Waals surface area contributed by atoms with Crippen LogP contribution in [0.4, 0.5) is 20.3 Å². The molecule has 2 amide bonds. The molecule has 8 nitrogen and oxygen atoms in total. The highest BCUT2D eigenvalue weighted by Crippen LogP contribution is 2.37. The molecule has 1 saturated heterocycles. The lowest BCUT2D eigenvalue weighted by Crippen LogP contribution is -2.42. The lowest BCUT2D eigenvalue weighted by Gasteiger charge is -2.33. The molecule has 0 aliphatic carbocycles. The van der Waals surface area contributed by atoms with Gasteiger partial charge in [0, 0.05) is 63.1 Å². The number of alkyl halides is 2. The zero-order valence-electron chi connectivity index (χ0n) is 19.6. The standard InChI is InChI=1S/C25H28F2N4O4/c1-2-34-11-9-30-16-18-13-19(3-4-20(18)24(30)33)31-10-12-35-21-14-17(15-28-22(21)31)23(32)29-7-5-25(26,27)6-8-29/h3-4,13-15H,2,5-12,16H2,1H3. The number of carbonyl (C=O) groups excluding carboxylic acids is 2. The largest absolute Gasteiger partial charge is 0.488 e. The van der Waals surface area contributed by atoms with Crippen LogP contribution in [0, 0.1) is 0 Å². The lowest BCUT2D eigenvalue weighted by molar-refractivity contribution is -0.0494. The van der Waals surface area contributed by atoms with Crippen molar-refractivity contribution in [3.8, 4) is 5.75 Å². The number of pyridine rings is 1. The highest BCUT2D eigenvalue weighted by atomic mass is 19.3. The number of likely N-dealkylation sites (tertiary alicyclic amines) is 1. The summed E-state index contributed by atoms with van der Waals surface area (Å²) in [5.74, 6) is -1.98. The fourth-order valence-electron chi connectivity index (χ4n) is 4.72. The zero-order chi connectivity index (χ0) is 24.6. The van der Waals surface area contributed by atoms with Crippen molar-refractivity contribution >= 4 is 23.3 Å². The van der Waals surface area contributed by atoms with Crippen molar-refractivity contribution in [1.29, 1.82) is 0 Å². The number of aromatic nitrogens is 1. The van der Waals surface area contributed by atoms with E-state index in [9.17, 15) is 18.4 Å². The van der Waals surface area contributed by atoms with E-state index in [-0.39, 0.29) is 37.7 Å². The Labute approximate surface area is 202 Å². The molecule has 1 aromatic heterocycles. The quantitative estimate of drug-likeness (QED) is 0.582. The third kappa shape index (κ3) is 4.67. The number of piperidine rings is 1. The van der Waals surface area contributed by atoms with Crippen LogP contribution in [0.1, 0.15) is 46.0 Å². The van der Waals surface area contributed by atoms with Crippen LogP contribution in [-0.2, 0) is 11.3 Å². The molecule has 10 heteroatoms. The Hall–Kier alpha value is -3.27. The van der Waals surface area contributed by atoms with E-state index in [0.717, 1.165) is 11.3 Å². The van der Waals surface area contributed by atoms with Crippen molar-refractivity contribution in [2.45, 2.75) is 32.2 Å². The second-order valence-corrected chi connectivity index (χ2v) is 8.96. The van der Waals surface area contributed by atoms with Crippen LogP contribution in [-0.4, -0.2) is 78.5 Å². The highest BCUT2D eigenvalue weighted by Gasteiger charge is 2.36. The van der Waals surface area contributed by atoms with Crippen molar-refractivity contribution in [2.75, 3.05) is 50.9 Å². The first-order valence-corrected chi connectivity index (χ1v) is 11.9. The van der Waals surface area contributed by atoms with Crippen LogP contribution >= 0.6 is 0 Å². The molecule has 1 aromatic carbocycles. The van der Waals surface area contributed by atoms with Gasteiger partial charge in [0.15, 0.2) is 11.6 Å². The molecule has 4 heterocycles. The van der Waals surface area contributed by atoms with Gasteiger partial charge in [-0.25, -0.2) is 13.8 Å². The Balaban J connectivity index is 1.33. The number of hydrogen-bond acceptors (Lipinski definition) is 6. The minimum atomic E-state index is -2.71. The van der Waals surface area contributed by atoms with E-state index < -0.39 is 5.92 Å². The molecule has 2 aromatic rings. The number of nitrogens with zero attached hydrogens (tertiary/aromatic N) is 4. The molecule has 186 valence electrons. The van der Waals surface area contributed by atoms with Crippen LogP contribution in [0.25, 0.3) is 0 Å². The predicted molar refractivity (Wildman–Crippen MR) is 124 cm³/mol. The van der Waals surface area contributed by atoms with Gasteiger partial charge in [-0.1, -0.05) is 0 Å². The molecule has 0 N–H and O–H groups in total. The third-order valence-electron chi connectivity index (χ3n) is 6.68. The van der Waals surface area contributed by atoms with E-state index in [1.165, 1.54) is 11.1 Å². The van der Waals surface area contributed by atoms with E-state index in [0.29, 0.717) is 62.1 Å². The number of benzene rings is 1. The summed E-state index contributed by atoms with van der Waals surface area (Å²) in [6, 6.07) is 7.37. The van der Waals surface area contributed by atoms with Crippen LogP contribution in [0.3, 0.4) is 0 Å². The number of ether oxygens (including phenoxy) is 2. The summed E-state index contributed by atoms with van der Waals surface area (Å²) in [5, 5.41) is 0. The van der Waals surface area contributed by atoms with Crippen molar-refractivity contribution in [1.82, 2.24) is 14.8 Å². The summed E-state index contributed by atoms with van der Waals surface area (Å²) in [7, 11) is 0. The van der Waals surface area contributed by atoms with E-state index in [4.69, 9.17) is 9.47 Å². The van der Waals surface area contributed by atoms with E-state index >= 15 is 0 Å². The molecule has 0 atom stereocenters. The molecule has 0 unspecified atom stereocenters. The minimum absolute atomic E-state index is 0.00499. The van der Waals surface area contributed by atoms with Gasteiger partial charge in [0.05, 0.1) is 18.7 Å². The first kappa shape index (κ1) is 23.5. The smallest absolute Gasteiger partial charge is 0.255 e. The van der Waals surface area contributed by atoms with Crippen LogP contribution in [0.2, 0.25) is 0 Å². The van der Waals surface area contributed by atoms with Gasteiger partial charge in [-0.3, -0.25) is 9.59 Å². The van der Waals surface area contributed by atoms with Gasteiger partial charge in [0.25, 0.3) is 17.7 Å². The van der Waals surface area contributed by atoms with Gasteiger partial charge in [-0.15, -0.1) is 0 Å². The highest BCUT2D eigenvalue weighted by molar-refractivity contribution is 5.99. The lowest BCUT2D eigenvalue weighted by atomic mass is 10.1. The zero-order valence-corrected chi connectivity index (χ0v) is 19.6. The number of hydrogen-bond donors (Lipinski definition) is 0. The summed E-state index contributed by atoms with van der Waals surface area (Å²) >= 11 is 0. The van der Waals surface area contributed by atoms with Gasteiger partial charge in [0.2, 0.25) is 0 Å². The van der Waals surface area contributed by atoms with Gasteiger partial charge in [0.1, 0.15) is 6.61 Å². The number of amides is 2. The van der Waals surface area contributed by atoms with E-state index in [2.05, 4.69) is 4.98 Å². The number of carbonyl (C=O) groups is 2.